The molecule has 1 amide bonds. The minimum absolute atomic E-state index is 0.0665. The van der Waals surface area contributed by atoms with Crippen molar-refractivity contribution in [2.75, 3.05) is 25.0 Å². The van der Waals surface area contributed by atoms with Crippen molar-refractivity contribution in [3.63, 3.8) is 0 Å². The maximum absolute atomic E-state index is 14.8. The van der Waals surface area contributed by atoms with Gasteiger partial charge < -0.3 is 49.2 Å². The van der Waals surface area contributed by atoms with Crippen molar-refractivity contribution in [1.82, 2.24) is 4.90 Å². The number of carbonyl (C=O) groups excluding carboxylic acids is 3. The molecule has 0 unspecified atom stereocenters. The van der Waals surface area contributed by atoms with E-state index in [9.17, 15) is 34.5 Å². The number of piperidine rings is 1. The van der Waals surface area contributed by atoms with Crippen LogP contribution >= 0.6 is 0 Å². The second-order valence-corrected chi connectivity index (χ2v) is 19.7. The number of anilines is 1. The van der Waals surface area contributed by atoms with Crippen LogP contribution in [0, 0.1) is 36.5 Å². The number of carboxylic acid groups (broad SMARTS) is 1. The number of Topliss-reactive ketones (excluding diaryl/α,β-unsaturated/α-hetero) is 1. The maximum Gasteiger partial charge on any atom is 0.317 e. The predicted octanol–water partition coefficient (Wildman–Crippen LogP) is 6.38. The van der Waals surface area contributed by atoms with E-state index in [0.717, 1.165) is 19.6 Å². The number of phenolic OH excluding ortho intramolecular Hbond substituents is 2. The maximum atomic E-state index is 14.8. The Kier molecular flexibility index (Phi) is 13.1. The van der Waals surface area contributed by atoms with Gasteiger partial charge in [0.25, 0.3) is 11.7 Å². The number of ketones is 1. The van der Waals surface area contributed by atoms with Gasteiger partial charge in [0.05, 0.1) is 35.1 Å². The minimum atomic E-state index is -1.92. The van der Waals surface area contributed by atoms with Gasteiger partial charge in [-0.05, 0) is 52.0 Å². The summed E-state index contributed by atoms with van der Waals surface area (Å²) in [6.07, 6.45) is 7.27. The fourth-order valence-electron chi connectivity index (χ4n) is 10.2. The first-order valence-electron chi connectivity index (χ1n) is 22.7. The smallest absolute Gasteiger partial charge is 0.317 e. The summed E-state index contributed by atoms with van der Waals surface area (Å²) >= 11 is 0. The third kappa shape index (κ3) is 9.13. The van der Waals surface area contributed by atoms with E-state index in [1.54, 1.807) is 32.1 Å². The summed E-state index contributed by atoms with van der Waals surface area (Å²) < 4.78 is 31.4. The number of allylic oxidation sites excluding steroid dienone is 3. The van der Waals surface area contributed by atoms with Gasteiger partial charge in [0.2, 0.25) is 0 Å². The topological polar surface area (TPSA) is 215 Å². The highest BCUT2D eigenvalue weighted by atomic mass is 16.7. The monoisotopic (exact) mass is 900 g/mol. The Morgan fingerprint density at radius 3 is 2.31 bits per heavy atom. The molecule has 352 valence electrons. The van der Waals surface area contributed by atoms with Crippen LogP contribution in [0.2, 0.25) is 0 Å². The van der Waals surface area contributed by atoms with Gasteiger partial charge in [-0.1, -0.05) is 59.8 Å². The average Bonchev–Trinajstić information content (AvgIpc) is 3.73. The van der Waals surface area contributed by atoms with Gasteiger partial charge in [-0.3, -0.25) is 24.2 Å². The summed E-state index contributed by atoms with van der Waals surface area (Å²) in [4.78, 5) is 65.3. The van der Waals surface area contributed by atoms with Crippen LogP contribution in [0.3, 0.4) is 0 Å². The van der Waals surface area contributed by atoms with Crippen LogP contribution in [0.15, 0.2) is 46.1 Å². The number of benzene rings is 2. The number of nitrogens with one attached hydrogen (secondary N) is 1. The molecule has 0 radical (unpaired) electrons. The van der Waals surface area contributed by atoms with Gasteiger partial charge in [0.15, 0.2) is 11.5 Å². The van der Waals surface area contributed by atoms with E-state index in [1.807, 2.05) is 47.6 Å². The van der Waals surface area contributed by atoms with Crippen molar-refractivity contribution in [3.05, 3.63) is 58.0 Å². The molecule has 6 aliphatic heterocycles. The van der Waals surface area contributed by atoms with Crippen LogP contribution in [0.1, 0.15) is 111 Å². The molecule has 65 heavy (non-hydrogen) atoms. The van der Waals surface area contributed by atoms with Crippen LogP contribution in [-0.2, 0) is 33.3 Å². The molecule has 16 nitrogen and oxygen atoms in total. The zero-order chi connectivity index (χ0) is 47.5. The lowest BCUT2D eigenvalue weighted by atomic mass is 9.77. The normalized spacial score (nSPS) is 31.8. The second kappa shape index (κ2) is 17.8. The van der Waals surface area contributed by atoms with Crippen molar-refractivity contribution >= 4 is 40.1 Å². The number of aromatic hydroxyl groups is 2. The molecule has 6 aliphatic rings. The van der Waals surface area contributed by atoms with Gasteiger partial charge in [-0.25, -0.2) is 4.99 Å². The number of esters is 1. The van der Waals surface area contributed by atoms with Crippen molar-refractivity contribution in [1.29, 1.82) is 0 Å². The van der Waals surface area contributed by atoms with Crippen LogP contribution in [0.5, 0.6) is 17.2 Å². The summed E-state index contributed by atoms with van der Waals surface area (Å²) in [6, 6.07) is 0. The number of fused-ring (bicyclic) bond motifs is 9. The highest BCUT2D eigenvalue weighted by Crippen LogP contribution is 2.51. The van der Waals surface area contributed by atoms with Crippen molar-refractivity contribution in [2.24, 2.45) is 39.6 Å². The van der Waals surface area contributed by atoms with Gasteiger partial charge in [-0.2, -0.15) is 0 Å². The highest BCUT2D eigenvalue weighted by Gasteiger charge is 2.51. The van der Waals surface area contributed by atoms with Gasteiger partial charge >= 0.3 is 17.7 Å². The van der Waals surface area contributed by atoms with Crippen LogP contribution in [-0.4, -0.2) is 99.0 Å². The Morgan fingerprint density at radius 2 is 1.65 bits per heavy atom. The van der Waals surface area contributed by atoms with E-state index in [4.69, 9.17) is 28.7 Å². The highest BCUT2D eigenvalue weighted by molar-refractivity contribution is 6.21. The van der Waals surface area contributed by atoms with Crippen molar-refractivity contribution in [3.8, 4) is 17.2 Å². The molecule has 2 aromatic rings. The average molecular weight is 901 g/mol. The number of carbonyl (C=O) groups is 4. The third-order valence-corrected chi connectivity index (χ3v) is 13.5. The first-order chi connectivity index (χ1) is 30.5. The van der Waals surface area contributed by atoms with Gasteiger partial charge in [0.1, 0.15) is 40.4 Å². The molecule has 8 rings (SSSR count). The number of likely N-dealkylation sites (tertiary alicyclic amines) is 1. The number of hydrogen-bond donors (Lipinski definition) is 4. The lowest BCUT2D eigenvalue weighted by Crippen LogP contribution is -2.56. The fraction of sp³-hybridized carbons (Fsp3) is 0.592. The zero-order valence-electron chi connectivity index (χ0n) is 39.3. The zero-order valence-corrected chi connectivity index (χ0v) is 39.3. The molecule has 7 bridgehead atoms. The van der Waals surface area contributed by atoms with Gasteiger partial charge in [-0.15, -0.1) is 0 Å². The summed E-state index contributed by atoms with van der Waals surface area (Å²) in [6.45, 7) is 22.7. The third-order valence-electron chi connectivity index (χ3n) is 13.5. The first-order valence-corrected chi connectivity index (χ1v) is 22.7. The van der Waals surface area contributed by atoms with Crippen molar-refractivity contribution < 1.29 is 58.2 Å². The Bertz CT molecular complexity index is 2500. The molecule has 16 heteroatoms. The second-order valence-electron chi connectivity index (χ2n) is 19.7. The van der Waals surface area contributed by atoms with E-state index < -0.39 is 77.1 Å². The number of phenols is 2. The molecule has 2 saturated heterocycles. The number of nitrogens with zero attached hydrogens (tertiary/aromatic N) is 3. The summed E-state index contributed by atoms with van der Waals surface area (Å²) in [5.41, 5.74) is -0.0179. The Hall–Kier alpha value is -5.32. The number of hydrogen-bond acceptors (Lipinski definition) is 14. The minimum Gasteiger partial charge on any atom is -0.507 e. The number of rotatable bonds is 5. The molecular weight excluding hydrogens is 837 g/mol. The molecule has 8 atom stereocenters. The summed E-state index contributed by atoms with van der Waals surface area (Å²) in [7, 11) is 0. The molecule has 6 heterocycles. The number of carboxylic acids is 1. The van der Waals surface area contributed by atoms with Crippen LogP contribution in [0.25, 0.3) is 10.8 Å². The van der Waals surface area contributed by atoms with E-state index in [0.29, 0.717) is 24.4 Å². The standard InChI is InChI=1S/C49H64N4O12/c1-24(2)23-53-19-17-49(18-20-53)51-36-33-34-39(57)28(6)44-35(33)45(59)48(11,65-44)61-21-13-16-25(3)41(62-32(56)22-31(54)55)29(7)43-30(8)42(63-47(9,10)64-43)26(4)14-12-15-27(5)46(60)50-38(40(34)58)37(36)52-49/h12-15,21,24-26,29-30,41-43,51,57-58H,16-20,22-23H2,1-11H3,(H,54,55)/b14-12+,21-13+,27-15-,50-38?/t25-,26+,29+,30-,41-,42+,43+,48+/m1/s1. The molecule has 0 aromatic heterocycles. The number of aliphatic carboxylic acids is 1. The van der Waals surface area contributed by atoms with Gasteiger partial charge in [0, 0.05) is 73.7 Å². The molecule has 2 fully saturated rings. The van der Waals surface area contributed by atoms with E-state index in [-0.39, 0.29) is 74.0 Å². The SMILES string of the molecule is C/C1=C/C=C/[C@H](C)[C@@H]2OC(C)(C)O[C@@H]([C@@H](C)[C@H](OC(=O)CC(=O)O)[C@H](C)C/C=C/O[C@@]3(C)Oc4c(C)c(O)c5c(O)c(c6c(c5c4C3=O)NC3(CCN(CC(C)C)CC3)N=6)=NC1=O)[C@@H]2C. The van der Waals surface area contributed by atoms with Crippen LogP contribution in [0.4, 0.5) is 5.69 Å². The van der Waals surface area contributed by atoms with E-state index in [1.165, 1.54) is 13.2 Å². The molecule has 1 spiro atoms. The quantitative estimate of drug-likeness (QED) is 0.146. The van der Waals surface area contributed by atoms with Crippen molar-refractivity contribution in [2.45, 2.75) is 137 Å². The molecule has 2 aromatic carbocycles. The molecule has 0 saturated carbocycles. The Balaban J connectivity index is 1.38. The molecule has 0 aliphatic carbocycles. The summed E-state index contributed by atoms with van der Waals surface area (Å²) in [5, 5.41) is 37.2. The number of ether oxygens (including phenoxy) is 5. The number of amides is 1. The summed E-state index contributed by atoms with van der Waals surface area (Å²) in [5.74, 6) is -8.01. The largest absolute Gasteiger partial charge is 0.507 e. The fourth-order valence-corrected chi connectivity index (χ4v) is 10.2. The molecule has 4 N–H and O–H groups in total. The first kappa shape index (κ1) is 47.6. The predicted molar refractivity (Wildman–Crippen MR) is 240 cm³/mol. The lowest BCUT2D eigenvalue weighted by molar-refractivity contribution is -0.336. The van der Waals surface area contributed by atoms with E-state index in [2.05, 4.69) is 29.1 Å². The Labute approximate surface area is 379 Å². The molecular formula is C49H64N4O12. The Morgan fingerprint density at radius 1 is 0.969 bits per heavy atom. The van der Waals surface area contributed by atoms with E-state index >= 15 is 0 Å². The van der Waals surface area contributed by atoms with Crippen LogP contribution < -0.4 is 20.8 Å². The lowest BCUT2D eigenvalue weighted by Gasteiger charge is -2.49.